The highest BCUT2D eigenvalue weighted by atomic mass is 16.5. The molecule has 30 heavy (non-hydrogen) atoms. The number of fused-ring (bicyclic) bond motifs is 1. The summed E-state index contributed by atoms with van der Waals surface area (Å²) in [6.45, 7) is 4.26. The molecule has 1 aromatic heterocycles. The van der Waals surface area contributed by atoms with E-state index in [0.717, 1.165) is 27.9 Å². The molecule has 4 aromatic rings. The monoisotopic (exact) mass is 397 g/mol. The molecule has 3 aromatic carbocycles. The van der Waals surface area contributed by atoms with Gasteiger partial charge in [-0.2, -0.15) is 0 Å². The lowest BCUT2D eigenvalue weighted by Gasteiger charge is -2.15. The minimum atomic E-state index is -0.596. The van der Waals surface area contributed by atoms with Gasteiger partial charge in [0, 0.05) is 12.1 Å². The predicted molar refractivity (Wildman–Crippen MR) is 118 cm³/mol. The smallest absolute Gasteiger partial charge is 0.261 e. The number of hydrogen-bond acceptors (Lipinski definition) is 4. The quantitative estimate of drug-likeness (QED) is 0.513. The SMILES string of the molecule is Cc1cccc(CNC(=O)[C@H](C)Oc2ccc(-c3cnc4ccccc4n3)cc2)c1. The highest BCUT2D eigenvalue weighted by Gasteiger charge is 2.14. The number of amides is 1. The zero-order chi connectivity index (χ0) is 20.9. The van der Waals surface area contributed by atoms with Crippen LogP contribution in [0.25, 0.3) is 22.3 Å². The standard InChI is InChI=1S/C25H23N3O2/c1-17-6-5-7-19(14-17)15-27-25(29)18(2)30-21-12-10-20(11-13-21)24-16-26-22-8-3-4-9-23(22)28-24/h3-14,16,18H,15H2,1-2H3,(H,27,29)/t18-/m0/s1. The summed E-state index contributed by atoms with van der Waals surface area (Å²) in [7, 11) is 0. The van der Waals surface area contributed by atoms with E-state index in [1.807, 2.05) is 73.7 Å². The largest absolute Gasteiger partial charge is 0.481 e. The fraction of sp³-hybridized carbons (Fsp3) is 0.160. The number of benzene rings is 3. The van der Waals surface area contributed by atoms with Crippen LogP contribution in [0.5, 0.6) is 5.75 Å². The van der Waals surface area contributed by atoms with Gasteiger partial charge in [0.25, 0.3) is 5.91 Å². The molecule has 1 amide bonds. The van der Waals surface area contributed by atoms with E-state index in [2.05, 4.69) is 21.4 Å². The molecule has 0 aliphatic rings. The maximum absolute atomic E-state index is 12.4. The number of hydrogen-bond donors (Lipinski definition) is 1. The van der Waals surface area contributed by atoms with Crippen LogP contribution in [-0.2, 0) is 11.3 Å². The van der Waals surface area contributed by atoms with Crippen molar-refractivity contribution < 1.29 is 9.53 Å². The van der Waals surface area contributed by atoms with Crippen molar-refractivity contribution >= 4 is 16.9 Å². The van der Waals surface area contributed by atoms with Gasteiger partial charge in [-0.05, 0) is 55.8 Å². The molecule has 0 aliphatic carbocycles. The highest BCUT2D eigenvalue weighted by molar-refractivity contribution is 5.80. The van der Waals surface area contributed by atoms with Crippen LogP contribution in [0.2, 0.25) is 0 Å². The summed E-state index contributed by atoms with van der Waals surface area (Å²) in [5, 5.41) is 2.92. The van der Waals surface area contributed by atoms with Crippen LogP contribution in [0.1, 0.15) is 18.1 Å². The summed E-state index contributed by atoms with van der Waals surface area (Å²) in [4.78, 5) is 21.5. The van der Waals surface area contributed by atoms with Gasteiger partial charge in [0.1, 0.15) is 5.75 Å². The van der Waals surface area contributed by atoms with Crippen molar-refractivity contribution in [2.75, 3.05) is 0 Å². The van der Waals surface area contributed by atoms with E-state index in [1.165, 1.54) is 5.56 Å². The molecular weight excluding hydrogens is 374 g/mol. The summed E-state index contributed by atoms with van der Waals surface area (Å²) < 4.78 is 5.80. The minimum absolute atomic E-state index is 0.152. The lowest BCUT2D eigenvalue weighted by atomic mass is 10.1. The molecule has 5 heteroatoms. The number of carbonyl (C=O) groups is 1. The molecule has 5 nitrogen and oxygen atoms in total. The predicted octanol–water partition coefficient (Wildman–Crippen LogP) is 4.69. The van der Waals surface area contributed by atoms with Crippen molar-refractivity contribution in [3.63, 3.8) is 0 Å². The molecule has 1 N–H and O–H groups in total. The van der Waals surface area contributed by atoms with Crippen molar-refractivity contribution in [2.45, 2.75) is 26.5 Å². The van der Waals surface area contributed by atoms with Crippen LogP contribution in [0, 0.1) is 6.92 Å². The first kappa shape index (κ1) is 19.6. The Morgan fingerprint density at radius 3 is 2.53 bits per heavy atom. The number of carbonyl (C=O) groups excluding carboxylic acids is 1. The van der Waals surface area contributed by atoms with Gasteiger partial charge < -0.3 is 10.1 Å². The number of aryl methyl sites for hydroxylation is 1. The van der Waals surface area contributed by atoms with Crippen LogP contribution in [0.3, 0.4) is 0 Å². The topological polar surface area (TPSA) is 64.1 Å². The molecular formula is C25H23N3O2. The third-order valence-electron chi connectivity index (χ3n) is 4.83. The zero-order valence-corrected chi connectivity index (χ0v) is 17.0. The second-order valence-corrected chi connectivity index (χ2v) is 7.24. The summed E-state index contributed by atoms with van der Waals surface area (Å²) in [6.07, 6.45) is 1.17. The Morgan fingerprint density at radius 1 is 1.00 bits per heavy atom. The van der Waals surface area contributed by atoms with Crippen LogP contribution in [-0.4, -0.2) is 22.0 Å². The van der Waals surface area contributed by atoms with E-state index in [4.69, 9.17) is 4.74 Å². The number of nitrogens with one attached hydrogen (secondary N) is 1. The Hall–Kier alpha value is -3.73. The van der Waals surface area contributed by atoms with Crippen molar-refractivity contribution in [1.82, 2.24) is 15.3 Å². The van der Waals surface area contributed by atoms with Gasteiger partial charge in [-0.3, -0.25) is 9.78 Å². The lowest BCUT2D eigenvalue weighted by molar-refractivity contribution is -0.127. The summed E-state index contributed by atoms with van der Waals surface area (Å²) in [6, 6.07) is 23.4. The van der Waals surface area contributed by atoms with Crippen LogP contribution < -0.4 is 10.1 Å². The van der Waals surface area contributed by atoms with Crippen LogP contribution >= 0.6 is 0 Å². The Bertz CT molecular complexity index is 1170. The number of para-hydroxylation sites is 2. The maximum Gasteiger partial charge on any atom is 0.261 e. The average molecular weight is 397 g/mol. The molecule has 0 bridgehead atoms. The van der Waals surface area contributed by atoms with Gasteiger partial charge in [0.15, 0.2) is 6.10 Å². The number of rotatable bonds is 6. The van der Waals surface area contributed by atoms with Crippen molar-refractivity contribution in [2.24, 2.45) is 0 Å². The first-order chi connectivity index (χ1) is 14.6. The molecule has 0 unspecified atom stereocenters. The van der Waals surface area contributed by atoms with E-state index < -0.39 is 6.10 Å². The molecule has 1 heterocycles. The molecule has 150 valence electrons. The molecule has 4 rings (SSSR count). The summed E-state index contributed by atoms with van der Waals surface area (Å²) >= 11 is 0. The third-order valence-corrected chi connectivity index (χ3v) is 4.83. The van der Waals surface area contributed by atoms with Crippen LogP contribution in [0.15, 0.2) is 79.0 Å². The Morgan fingerprint density at radius 2 is 1.77 bits per heavy atom. The minimum Gasteiger partial charge on any atom is -0.481 e. The van der Waals surface area contributed by atoms with Gasteiger partial charge in [-0.15, -0.1) is 0 Å². The normalized spacial score (nSPS) is 11.8. The van der Waals surface area contributed by atoms with Gasteiger partial charge in [0.2, 0.25) is 0 Å². The first-order valence-electron chi connectivity index (χ1n) is 9.90. The Labute approximate surface area is 175 Å². The molecule has 0 saturated heterocycles. The fourth-order valence-corrected chi connectivity index (χ4v) is 3.21. The molecule has 0 radical (unpaired) electrons. The van der Waals surface area contributed by atoms with E-state index >= 15 is 0 Å². The number of aromatic nitrogens is 2. The molecule has 1 atom stereocenters. The number of nitrogens with zero attached hydrogens (tertiary/aromatic N) is 2. The fourth-order valence-electron chi connectivity index (χ4n) is 3.21. The summed E-state index contributed by atoms with van der Waals surface area (Å²) in [5.74, 6) is 0.478. The maximum atomic E-state index is 12.4. The highest BCUT2D eigenvalue weighted by Crippen LogP contribution is 2.22. The first-order valence-corrected chi connectivity index (χ1v) is 9.90. The van der Waals surface area contributed by atoms with Gasteiger partial charge >= 0.3 is 0 Å². The third kappa shape index (κ3) is 4.63. The van der Waals surface area contributed by atoms with Gasteiger partial charge in [0.05, 0.1) is 22.9 Å². The van der Waals surface area contributed by atoms with E-state index in [-0.39, 0.29) is 5.91 Å². The van der Waals surface area contributed by atoms with Gasteiger partial charge in [-0.25, -0.2) is 4.98 Å². The Kier molecular flexibility index (Phi) is 5.70. The van der Waals surface area contributed by atoms with E-state index in [9.17, 15) is 4.79 Å². The lowest BCUT2D eigenvalue weighted by Crippen LogP contribution is -2.35. The van der Waals surface area contributed by atoms with Crippen LogP contribution in [0.4, 0.5) is 0 Å². The number of ether oxygens (including phenoxy) is 1. The molecule has 0 spiro atoms. The van der Waals surface area contributed by atoms with Gasteiger partial charge in [-0.1, -0.05) is 42.0 Å². The summed E-state index contributed by atoms with van der Waals surface area (Å²) in [5.41, 5.74) is 5.70. The van der Waals surface area contributed by atoms with Crippen molar-refractivity contribution in [3.8, 4) is 17.0 Å². The second kappa shape index (κ2) is 8.74. The second-order valence-electron chi connectivity index (χ2n) is 7.24. The van der Waals surface area contributed by atoms with Crippen molar-refractivity contribution in [1.29, 1.82) is 0 Å². The Balaban J connectivity index is 1.38. The van der Waals surface area contributed by atoms with Crippen molar-refractivity contribution in [3.05, 3.63) is 90.1 Å². The van der Waals surface area contributed by atoms with E-state index in [0.29, 0.717) is 12.3 Å². The average Bonchev–Trinajstić information content (AvgIpc) is 2.77. The van der Waals surface area contributed by atoms with E-state index in [1.54, 1.807) is 13.1 Å². The molecule has 0 saturated carbocycles. The zero-order valence-electron chi connectivity index (χ0n) is 17.0. The molecule has 0 aliphatic heterocycles. The molecule has 0 fully saturated rings.